The van der Waals surface area contributed by atoms with Crippen molar-refractivity contribution in [1.82, 2.24) is 4.98 Å². The van der Waals surface area contributed by atoms with E-state index >= 15 is 0 Å². The summed E-state index contributed by atoms with van der Waals surface area (Å²) in [5.41, 5.74) is 3.31. The Kier molecular flexibility index (Phi) is 6.23. The minimum atomic E-state index is -0.224. The lowest BCUT2D eigenvalue weighted by molar-refractivity contribution is 0.102. The van der Waals surface area contributed by atoms with Crippen LogP contribution in [-0.4, -0.2) is 24.1 Å². The highest BCUT2D eigenvalue weighted by Gasteiger charge is 2.12. The molecular weight excluding hydrogens is 460 g/mol. The number of carbonyl (C=O) groups excluding carboxylic acids is 1. The summed E-state index contributed by atoms with van der Waals surface area (Å²) >= 11 is 3.44. The van der Waals surface area contributed by atoms with Gasteiger partial charge in [-0.25, -0.2) is 4.98 Å². The van der Waals surface area contributed by atoms with Gasteiger partial charge in [0.1, 0.15) is 17.0 Å². The molecule has 0 aliphatic rings. The molecule has 0 bridgehead atoms. The summed E-state index contributed by atoms with van der Waals surface area (Å²) in [6.07, 6.45) is 0. The molecule has 0 spiro atoms. The summed E-state index contributed by atoms with van der Waals surface area (Å²) < 4.78 is 17.6. The highest BCUT2D eigenvalue weighted by Crippen LogP contribution is 2.29. The third-order valence-corrected chi connectivity index (χ3v) is 5.17. The van der Waals surface area contributed by atoms with Gasteiger partial charge in [-0.1, -0.05) is 0 Å². The quantitative estimate of drug-likeness (QED) is 0.335. The molecule has 7 heteroatoms. The van der Waals surface area contributed by atoms with Gasteiger partial charge in [0, 0.05) is 16.8 Å². The van der Waals surface area contributed by atoms with Crippen LogP contribution in [0.1, 0.15) is 24.2 Å². The van der Waals surface area contributed by atoms with E-state index in [1.165, 1.54) is 0 Å². The second kappa shape index (κ2) is 9.22. The van der Waals surface area contributed by atoms with Crippen molar-refractivity contribution in [2.24, 2.45) is 0 Å². The van der Waals surface area contributed by atoms with Crippen molar-refractivity contribution in [3.05, 3.63) is 70.7 Å². The number of fused-ring (bicyclic) bond motifs is 1. The summed E-state index contributed by atoms with van der Waals surface area (Å²) in [6, 6.07) is 18.2. The topological polar surface area (TPSA) is 73.6 Å². The number of nitrogens with one attached hydrogen (secondary N) is 1. The van der Waals surface area contributed by atoms with Crippen LogP contribution in [0.3, 0.4) is 0 Å². The lowest BCUT2D eigenvalue weighted by Crippen LogP contribution is -2.12. The van der Waals surface area contributed by atoms with E-state index in [0.717, 1.165) is 15.8 Å². The fraction of sp³-hybridized carbons (Fsp3) is 0.167. The summed E-state index contributed by atoms with van der Waals surface area (Å²) in [4.78, 5) is 17.2. The van der Waals surface area contributed by atoms with Crippen molar-refractivity contribution in [3.8, 4) is 23.0 Å². The molecule has 158 valence electrons. The Balaban J connectivity index is 1.52. The molecule has 0 saturated carbocycles. The SMILES string of the molecule is CCOc1ccc(-c2nc3cc(NC(=O)c4ccc(OCC)c(Br)c4)ccc3o2)cc1. The number of halogens is 1. The first-order chi connectivity index (χ1) is 15.1. The van der Waals surface area contributed by atoms with Crippen LogP contribution >= 0.6 is 15.9 Å². The Morgan fingerprint density at radius 2 is 1.77 bits per heavy atom. The minimum Gasteiger partial charge on any atom is -0.494 e. The molecule has 1 aromatic heterocycles. The number of anilines is 1. The number of rotatable bonds is 7. The Bertz CT molecular complexity index is 1220. The second-order valence-electron chi connectivity index (χ2n) is 6.69. The van der Waals surface area contributed by atoms with E-state index in [0.29, 0.717) is 47.2 Å². The van der Waals surface area contributed by atoms with Crippen molar-refractivity contribution >= 4 is 38.6 Å². The van der Waals surface area contributed by atoms with Gasteiger partial charge in [-0.3, -0.25) is 4.79 Å². The molecule has 0 unspecified atom stereocenters. The molecule has 0 aliphatic heterocycles. The number of benzene rings is 3. The van der Waals surface area contributed by atoms with Gasteiger partial charge in [0.2, 0.25) is 5.89 Å². The first-order valence-electron chi connectivity index (χ1n) is 9.95. The number of aromatic nitrogens is 1. The normalized spacial score (nSPS) is 10.8. The molecule has 4 aromatic rings. The van der Waals surface area contributed by atoms with Crippen molar-refractivity contribution in [2.45, 2.75) is 13.8 Å². The Morgan fingerprint density at radius 3 is 2.48 bits per heavy atom. The van der Waals surface area contributed by atoms with Gasteiger partial charge < -0.3 is 19.2 Å². The molecule has 1 heterocycles. The fourth-order valence-electron chi connectivity index (χ4n) is 3.11. The van der Waals surface area contributed by atoms with Crippen molar-refractivity contribution < 1.29 is 18.7 Å². The van der Waals surface area contributed by atoms with E-state index < -0.39 is 0 Å². The van der Waals surface area contributed by atoms with Crippen molar-refractivity contribution in [3.63, 3.8) is 0 Å². The van der Waals surface area contributed by atoms with Crippen LogP contribution in [0.5, 0.6) is 11.5 Å². The number of ether oxygens (including phenoxy) is 2. The molecule has 0 fully saturated rings. The van der Waals surface area contributed by atoms with Gasteiger partial charge in [-0.05, 0) is 90.4 Å². The molecule has 0 aliphatic carbocycles. The molecule has 6 nitrogen and oxygen atoms in total. The summed E-state index contributed by atoms with van der Waals surface area (Å²) in [7, 11) is 0. The van der Waals surface area contributed by atoms with Gasteiger partial charge in [-0.2, -0.15) is 0 Å². The number of hydrogen-bond donors (Lipinski definition) is 1. The highest BCUT2D eigenvalue weighted by atomic mass is 79.9. The first kappa shape index (κ1) is 20.9. The molecular formula is C24H21BrN2O4. The molecule has 0 radical (unpaired) electrons. The highest BCUT2D eigenvalue weighted by molar-refractivity contribution is 9.10. The summed E-state index contributed by atoms with van der Waals surface area (Å²) in [6.45, 7) is 5.03. The van der Waals surface area contributed by atoms with Crippen LogP contribution in [0.15, 0.2) is 69.6 Å². The van der Waals surface area contributed by atoms with Gasteiger partial charge in [0.25, 0.3) is 5.91 Å². The van der Waals surface area contributed by atoms with Gasteiger partial charge in [0.05, 0.1) is 17.7 Å². The average Bonchev–Trinajstić information content (AvgIpc) is 3.19. The Labute approximate surface area is 188 Å². The second-order valence-corrected chi connectivity index (χ2v) is 7.55. The van der Waals surface area contributed by atoms with Crippen LogP contribution in [-0.2, 0) is 0 Å². The monoisotopic (exact) mass is 480 g/mol. The maximum atomic E-state index is 12.7. The van der Waals surface area contributed by atoms with E-state index in [1.54, 1.807) is 36.4 Å². The van der Waals surface area contributed by atoms with Gasteiger partial charge >= 0.3 is 0 Å². The predicted octanol–water partition coefficient (Wildman–Crippen LogP) is 6.31. The van der Waals surface area contributed by atoms with Crippen LogP contribution in [0.25, 0.3) is 22.6 Å². The summed E-state index contributed by atoms with van der Waals surface area (Å²) in [5.74, 6) is 1.79. The van der Waals surface area contributed by atoms with E-state index in [1.807, 2.05) is 38.1 Å². The maximum Gasteiger partial charge on any atom is 0.255 e. The molecule has 31 heavy (non-hydrogen) atoms. The van der Waals surface area contributed by atoms with Crippen LogP contribution < -0.4 is 14.8 Å². The average molecular weight is 481 g/mol. The Morgan fingerprint density at radius 1 is 1.00 bits per heavy atom. The number of hydrogen-bond acceptors (Lipinski definition) is 5. The van der Waals surface area contributed by atoms with Crippen LogP contribution in [0.2, 0.25) is 0 Å². The van der Waals surface area contributed by atoms with E-state index in [9.17, 15) is 4.79 Å². The zero-order valence-corrected chi connectivity index (χ0v) is 18.7. The van der Waals surface area contributed by atoms with E-state index in [4.69, 9.17) is 13.9 Å². The van der Waals surface area contributed by atoms with Crippen molar-refractivity contribution in [2.75, 3.05) is 18.5 Å². The lowest BCUT2D eigenvalue weighted by Gasteiger charge is -2.09. The fourth-order valence-corrected chi connectivity index (χ4v) is 3.60. The molecule has 0 atom stereocenters. The van der Waals surface area contributed by atoms with E-state index in [-0.39, 0.29) is 5.91 Å². The Hall–Kier alpha value is -3.32. The number of amides is 1. The molecule has 3 aromatic carbocycles. The number of carbonyl (C=O) groups is 1. The van der Waals surface area contributed by atoms with E-state index in [2.05, 4.69) is 26.2 Å². The van der Waals surface area contributed by atoms with Crippen molar-refractivity contribution in [1.29, 1.82) is 0 Å². The molecule has 1 amide bonds. The van der Waals surface area contributed by atoms with Gasteiger partial charge in [-0.15, -0.1) is 0 Å². The van der Waals surface area contributed by atoms with Gasteiger partial charge in [0.15, 0.2) is 5.58 Å². The largest absolute Gasteiger partial charge is 0.494 e. The predicted molar refractivity (Wildman–Crippen MR) is 124 cm³/mol. The number of nitrogens with zero attached hydrogens (tertiary/aromatic N) is 1. The molecule has 1 N–H and O–H groups in total. The van der Waals surface area contributed by atoms with Crippen LogP contribution in [0, 0.1) is 0 Å². The van der Waals surface area contributed by atoms with Crippen LogP contribution in [0.4, 0.5) is 5.69 Å². The third kappa shape index (κ3) is 4.72. The smallest absolute Gasteiger partial charge is 0.255 e. The minimum absolute atomic E-state index is 0.224. The maximum absolute atomic E-state index is 12.7. The molecule has 4 rings (SSSR count). The summed E-state index contributed by atoms with van der Waals surface area (Å²) in [5, 5.41) is 2.90. The lowest BCUT2D eigenvalue weighted by atomic mass is 10.2. The standard InChI is InChI=1S/C24H21BrN2O4/c1-3-29-18-9-5-15(6-10-18)24-27-20-14-17(8-12-22(20)31-24)26-23(28)16-7-11-21(30-4-2)19(25)13-16/h5-14H,3-4H2,1-2H3,(H,26,28). The zero-order valence-electron chi connectivity index (χ0n) is 17.1. The zero-order chi connectivity index (χ0) is 21.8. The number of oxazole rings is 1. The molecule has 0 saturated heterocycles. The first-order valence-corrected chi connectivity index (χ1v) is 10.7. The third-order valence-electron chi connectivity index (χ3n) is 4.55.